The molecule has 1 aromatic heterocycles. The highest BCUT2D eigenvalue weighted by Crippen LogP contribution is 2.35. The van der Waals surface area contributed by atoms with Gasteiger partial charge >= 0.3 is 6.18 Å². The van der Waals surface area contributed by atoms with Crippen LogP contribution in [-0.4, -0.2) is 16.8 Å². The monoisotopic (exact) mass is 485 g/mol. The lowest BCUT2D eigenvalue weighted by molar-refractivity contribution is -0.137. The molecule has 1 aliphatic carbocycles. The maximum atomic E-state index is 13.1. The molecule has 176 valence electrons. The molecule has 9 heteroatoms. The van der Waals surface area contributed by atoms with E-state index in [2.05, 4.69) is 16.4 Å². The van der Waals surface area contributed by atoms with Gasteiger partial charge in [0.1, 0.15) is 0 Å². The molecule has 5 nitrogen and oxygen atoms in total. The number of aryl methyl sites for hydroxylation is 1. The number of carbonyl (C=O) groups excluding carboxylic acids is 2. The minimum atomic E-state index is -4.53. The highest BCUT2D eigenvalue weighted by Gasteiger charge is 2.31. The van der Waals surface area contributed by atoms with Crippen LogP contribution >= 0.6 is 11.3 Å². The number of nitrogens with zero attached hydrogens (tertiary/aromatic N) is 2. The first kappa shape index (κ1) is 23.7. The number of thiazole rings is 1. The molecule has 0 spiro atoms. The number of nitrogens with one attached hydrogen (secondary N) is 1. The summed E-state index contributed by atoms with van der Waals surface area (Å²) in [5.74, 6) is -0.786. The van der Waals surface area contributed by atoms with Crippen molar-refractivity contribution < 1.29 is 22.8 Å². The number of hydrogen-bond donors (Lipinski definition) is 1. The molecule has 0 bridgehead atoms. The van der Waals surface area contributed by atoms with E-state index < -0.39 is 17.6 Å². The number of hydrogen-bond acceptors (Lipinski definition) is 4. The average molecular weight is 486 g/mol. The van der Waals surface area contributed by atoms with Gasteiger partial charge < -0.3 is 5.32 Å². The van der Waals surface area contributed by atoms with Crippen molar-refractivity contribution in [3.05, 3.63) is 76.3 Å². The lowest BCUT2D eigenvalue weighted by Gasteiger charge is -2.19. The molecule has 1 heterocycles. The Kier molecular flexibility index (Phi) is 6.83. The number of benzene rings is 2. The van der Waals surface area contributed by atoms with E-state index in [1.807, 2.05) is 12.1 Å². The van der Waals surface area contributed by atoms with E-state index in [0.717, 1.165) is 59.7 Å². The summed E-state index contributed by atoms with van der Waals surface area (Å²) in [7, 11) is 0. The third-order valence-corrected chi connectivity index (χ3v) is 6.35. The van der Waals surface area contributed by atoms with Crippen LogP contribution in [-0.2, 0) is 28.6 Å². The van der Waals surface area contributed by atoms with Crippen molar-refractivity contribution in [1.29, 1.82) is 0 Å². The van der Waals surface area contributed by atoms with Crippen LogP contribution in [0.15, 0.2) is 53.9 Å². The highest BCUT2D eigenvalue weighted by atomic mass is 32.1. The number of amides is 2. The van der Waals surface area contributed by atoms with Crippen LogP contribution in [0.5, 0.6) is 0 Å². The van der Waals surface area contributed by atoms with Crippen molar-refractivity contribution in [3.8, 4) is 0 Å². The summed E-state index contributed by atoms with van der Waals surface area (Å²) in [6.45, 7) is 1.26. The van der Waals surface area contributed by atoms with Crippen LogP contribution in [0.4, 0.5) is 29.7 Å². The van der Waals surface area contributed by atoms with Gasteiger partial charge in [0.2, 0.25) is 11.8 Å². The second kappa shape index (κ2) is 9.80. The van der Waals surface area contributed by atoms with Gasteiger partial charge in [-0.2, -0.15) is 13.2 Å². The Morgan fingerprint density at radius 1 is 1.12 bits per heavy atom. The van der Waals surface area contributed by atoms with Crippen LogP contribution in [0.3, 0.4) is 0 Å². The molecule has 1 N–H and O–H groups in total. The fraction of sp³-hybridized carbons (Fsp3) is 0.240. The van der Waals surface area contributed by atoms with Gasteiger partial charge in [0.05, 0.1) is 16.9 Å². The van der Waals surface area contributed by atoms with Crippen LogP contribution in [0.1, 0.15) is 42.1 Å². The number of anilines is 3. The summed E-state index contributed by atoms with van der Waals surface area (Å²) in [6.07, 6.45) is 2.51. The second-order valence-corrected chi connectivity index (χ2v) is 8.77. The minimum Gasteiger partial charge on any atom is -0.322 e. The molecule has 0 atom stereocenters. The summed E-state index contributed by atoms with van der Waals surface area (Å²) >= 11 is 1.10. The molecule has 0 unspecified atom stereocenters. The van der Waals surface area contributed by atoms with Gasteiger partial charge in [0, 0.05) is 24.1 Å². The Balaban J connectivity index is 1.50. The van der Waals surface area contributed by atoms with E-state index in [4.69, 9.17) is 0 Å². The zero-order valence-corrected chi connectivity index (χ0v) is 19.2. The Hall–Kier alpha value is -3.46. The Morgan fingerprint density at radius 3 is 2.65 bits per heavy atom. The minimum absolute atomic E-state index is 0.0683. The standard InChI is InChI=1S/C25H22F3N3O2S/c1-16(32)31(20-9-5-8-18(14-20)25(26,27)28)24-29-19(15-34-24)12-13-23(33)30-22-11-4-7-17-6-2-3-10-21(17)22/h4-5,7-9,11-15H,2-3,6,10H2,1H3,(H,30,33)/b13-12+. The van der Waals surface area contributed by atoms with Crippen molar-refractivity contribution in [2.24, 2.45) is 0 Å². The fourth-order valence-corrected chi connectivity index (χ4v) is 4.79. The number of fused-ring (bicyclic) bond motifs is 1. The molecule has 4 rings (SSSR count). The largest absolute Gasteiger partial charge is 0.416 e. The summed E-state index contributed by atoms with van der Waals surface area (Å²) < 4.78 is 39.3. The number of aromatic nitrogens is 1. The normalized spacial score (nSPS) is 13.5. The molecule has 34 heavy (non-hydrogen) atoms. The SMILES string of the molecule is CC(=O)N(c1cccc(C(F)(F)F)c1)c1nc(/C=C/C(=O)Nc2cccc3c2CCCC3)cs1. The number of alkyl halides is 3. The smallest absolute Gasteiger partial charge is 0.322 e. The van der Waals surface area contributed by atoms with Crippen molar-refractivity contribution in [2.45, 2.75) is 38.8 Å². The molecule has 0 fully saturated rings. The zero-order chi connectivity index (χ0) is 24.3. The van der Waals surface area contributed by atoms with E-state index in [1.54, 1.807) is 5.38 Å². The predicted octanol–water partition coefficient (Wildman–Crippen LogP) is 6.38. The highest BCUT2D eigenvalue weighted by molar-refractivity contribution is 7.14. The molecule has 1 aliphatic rings. The van der Waals surface area contributed by atoms with Crippen LogP contribution in [0, 0.1) is 0 Å². The number of rotatable bonds is 5. The first-order chi connectivity index (χ1) is 16.2. The van der Waals surface area contributed by atoms with Crippen molar-refractivity contribution in [3.63, 3.8) is 0 Å². The van der Waals surface area contributed by atoms with Gasteiger partial charge in [-0.05, 0) is 67.2 Å². The molecule has 0 saturated heterocycles. The van der Waals surface area contributed by atoms with E-state index in [9.17, 15) is 22.8 Å². The summed E-state index contributed by atoms with van der Waals surface area (Å²) in [5, 5.41) is 4.76. The first-order valence-corrected chi connectivity index (χ1v) is 11.6. The average Bonchev–Trinajstić information content (AvgIpc) is 3.26. The molecule has 0 radical (unpaired) electrons. The van der Waals surface area contributed by atoms with E-state index in [0.29, 0.717) is 5.69 Å². The lowest BCUT2D eigenvalue weighted by atomic mass is 9.90. The molecular weight excluding hydrogens is 463 g/mol. The van der Waals surface area contributed by atoms with Crippen molar-refractivity contribution >= 4 is 45.7 Å². The Morgan fingerprint density at radius 2 is 1.88 bits per heavy atom. The van der Waals surface area contributed by atoms with Gasteiger partial charge in [-0.15, -0.1) is 11.3 Å². The number of halogens is 3. The molecule has 0 saturated carbocycles. The molecule has 2 amide bonds. The van der Waals surface area contributed by atoms with E-state index >= 15 is 0 Å². The van der Waals surface area contributed by atoms with Gasteiger partial charge in [0.25, 0.3) is 0 Å². The maximum Gasteiger partial charge on any atom is 0.416 e. The van der Waals surface area contributed by atoms with Crippen molar-refractivity contribution in [2.75, 3.05) is 10.2 Å². The summed E-state index contributed by atoms with van der Waals surface area (Å²) in [6, 6.07) is 10.4. The second-order valence-electron chi connectivity index (χ2n) is 7.93. The quantitative estimate of drug-likeness (QED) is 0.427. The molecule has 3 aromatic rings. The Bertz CT molecular complexity index is 1250. The first-order valence-electron chi connectivity index (χ1n) is 10.8. The Labute approximate surface area is 198 Å². The summed E-state index contributed by atoms with van der Waals surface area (Å²) in [5.41, 5.74) is 2.87. The van der Waals surface area contributed by atoms with Gasteiger partial charge in [-0.25, -0.2) is 4.98 Å². The van der Waals surface area contributed by atoms with Gasteiger partial charge in [0.15, 0.2) is 5.13 Å². The molecule has 2 aromatic carbocycles. The van der Waals surface area contributed by atoms with Gasteiger partial charge in [-0.3, -0.25) is 14.5 Å². The third kappa shape index (κ3) is 5.36. The summed E-state index contributed by atoms with van der Waals surface area (Å²) in [4.78, 5) is 30.2. The third-order valence-electron chi connectivity index (χ3n) is 5.51. The van der Waals surface area contributed by atoms with Crippen LogP contribution in [0.25, 0.3) is 6.08 Å². The fourth-order valence-electron chi connectivity index (χ4n) is 3.94. The lowest BCUT2D eigenvalue weighted by Crippen LogP contribution is -2.23. The zero-order valence-electron chi connectivity index (χ0n) is 18.4. The van der Waals surface area contributed by atoms with E-state index in [1.165, 1.54) is 42.3 Å². The van der Waals surface area contributed by atoms with Crippen molar-refractivity contribution in [1.82, 2.24) is 4.98 Å². The van der Waals surface area contributed by atoms with Crippen LogP contribution in [0.2, 0.25) is 0 Å². The number of carbonyl (C=O) groups is 2. The topological polar surface area (TPSA) is 62.3 Å². The predicted molar refractivity (Wildman–Crippen MR) is 127 cm³/mol. The van der Waals surface area contributed by atoms with Crippen LogP contribution < -0.4 is 10.2 Å². The van der Waals surface area contributed by atoms with Gasteiger partial charge in [-0.1, -0.05) is 18.2 Å². The van der Waals surface area contributed by atoms with E-state index in [-0.39, 0.29) is 16.7 Å². The molecule has 0 aliphatic heterocycles. The molecular formula is C25H22F3N3O2S. The maximum absolute atomic E-state index is 13.1.